The smallest absolute Gasteiger partial charge is 0.229 e. The van der Waals surface area contributed by atoms with Crippen LogP contribution in [0, 0.1) is 0 Å². The average Bonchev–Trinajstić information content (AvgIpc) is 2.47. The van der Waals surface area contributed by atoms with Crippen molar-refractivity contribution in [1.82, 2.24) is 19.5 Å². The lowest BCUT2D eigenvalue weighted by Crippen LogP contribution is -1.93. The van der Waals surface area contributed by atoms with Crippen LogP contribution >= 0.6 is 0 Å². The van der Waals surface area contributed by atoms with Crippen molar-refractivity contribution in [2.24, 2.45) is 7.05 Å². The van der Waals surface area contributed by atoms with E-state index in [9.17, 15) is 0 Å². The number of hydrogen-bond donors (Lipinski definition) is 1. The monoisotopic (exact) mass is 176 g/mol. The average molecular weight is 176 g/mol. The van der Waals surface area contributed by atoms with Crippen LogP contribution in [0.4, 0.5) is 0 Å². The zero-order chi connectivity index (χ0) is 9.26. The van der Waals surface area contributed by atoms with Crippen molar-refractivity contribution in [2.75, 3.05) is 0 Å². The van der Waals surface area contributed by atoms with Crippen molar-refractivity contribution in [1.29, 1.82) is 0 Å². The molecule has 0 fully saturated rings. The quantitative estimate of drug-likeness (QED) is 0.690. The van der Waals surface area contributed by atoms with Crippen LogP contribution in [0.2, 0.25) is 0 Å². The maximum atomic E-state index is 9.12. The molecule has 66 valence electrons. The molecule has 0 aliphatic carbocycles. The van der Waals surface area contributed by atoms with Gasteiger partial charge in [-0.05, 0) is 0 Å². The molecule has 13 heavy (non-hydrogen) atoms. The first kappa shape index (κ1) is 7.72. The molecular weight excluding hydrogens is 168 g/mol. The first-order valence-electron chi connectivity index (χ1n) is 3.76. The Morgan fingerprint density at radius 2 is 2.23 bits per heavy atom. The van der Waals surface area contributed by atoms with E-state index < -0.39 is 0 Å². The molecule has 0 atom stereocenters. The summed E-state index contributed by atoms with van der Waals surface area (Å²) in [5.74, 6) is 0.591. The van der Waals surface area contributed by atoms with E-state index >= 15 is 0 Å². The number of rotatable bonds is 1. The summed E-state index contributed by atoms with van der Waals surface area (Å²) in [5.41, 5.74) is 0.644. The van der Waals surface area contributed by atoms with Crippen molar-refractivity contribution in [2.45, 2.75) is 0 Å². The molecular formula is C8H8N4O. The van der Waals surface area contributed by atoms with Crippen molar-refractivity contribution in [3.63, 3.8) is 0 Å². The van der Waals surface area contributed by atoms with Gasteiger partial charge < -0.3 is 9.67 Å². The SMILES string of the molecule is Cn1cc(O)nc1-c1cnccn1. The summed E-state index contributed by atoms with van der Waals surface area (Å²) in [7, 11) is 1.79. The summed E-state index contributed by atoms with van der Waals surface area (Å²) in [6.45, 7) is 0. The number of imidazole rings is 1. The van der Waals surface area contributed by atoms with Gasteiger partial charge in [-0.15, -0.1) is 0 Å². The zero-order valence-electron chi connectivity index (χ0n) is 7.05. The lowest BCUT2D eigenvalue weighted by molar-refractivity contribution is 0.456. The third kappa shape index (κ3) is 1.35. The first-order valence-corrected chi connectivity index (χ1v) is 3.76. The molecule has 0 unspecified atom stereocenters. The van der Waals surface area contributed by atoms with Crippen LogP contribution in [0.3, 0.4) is 0 Å². The fourth-order valence-electron chi connectivity index (χ4n) is 1.10. The highest BCUT2D eigenvalue weighted by atomic mass is 16.3. The molecule has 2 aromatic heterocycles. The van der Waals surface area contributed by atoms with Crippen molar-refractivity contribution < 1.29 is 5.11 Å². The van der Waals surface area contributed by atoms with Gasteiger partial charge in [0.2, 0.25) is 5.88 Å². The van der Waals surface area contributed by atoms with Gasteiger partial charge in [0.1, 0.15) is 5.69 Å². The van der Waals surface area contributed by atoms with Gasteiger partial charge in [-0.2, -0.15) is 4.98 Å². The van der Waals surface area contributed by atoms with E-state index in [2.05, 4.69) is 15.0 Å². The molecule has 0 amide bonds. The van der Waals surface area contributed by atoms with Crippen LogP contribution in [0.15, 0.2) is 24.8 Å². The Kier molecular flexibility index (Phi) is 1.70. The number of aromatic hydroxyl groups is 1. The second-order valence-electron chi connectivity index (χ2n) is 2.62. The number of hydrogen-bond acceptors (Lipinski definition) is 4. The Morgan fingerprint density at radius 1 is 1.38 bits per heavy atom. The summed E-state index contributed by atoms with van der Waals surface area (Å²) in [5, 5.41) is 9.12. The van der Waals surface area contributed by atoms with Gasteiger partial charge >= 0.3 is 0 Å². The molecule has 0 aromatic carbocycles. The van der Waals surface area contributed by atoms with Gasteiger partial charge in [0.25, 0.3) is 0 Å². The maximum absolute atomic E-state index is 9.12. The summed E-state index contributed by atoms with van der Waals surface area (Å²) in [6.07, 6.45) is 6.29. The standard InChI is InChI=1S/C8H8N4O/c1-12-5-7(13)11-8(12)6-4-9-2-3-10-6/h2-5,13H,1H3. The summed E-state index contributed by atoms with van der Waals surface area (Å²) < 4.78 is 1.69. The van der Waals surface area contributed by atoms with Crippen LogP contribution < -0.4 is 0 Å². The second-order valence-corrected chi connectivity index (χ2v) is 2.62. The summed E-state index contributed by atoms with van der Waals surface area (Å²) >= 11 is 0. The van der Waals surface area contributed by atoms with Crippen molar-refractivity contribution >= 4 is 0 Å². The number of aromatic nitrogens is 4. The summed E-state index contributed by atoms with van der Waals surface area (Å²) in [4.78, 5) is 11.9. The highest BCUT2D eigenvalue weighted by Crippen LogP contribution is 2.16. The maximum Gasteiger partial charge on any atom is 0.229 e. The van der Waals surface area contributed by atoms with Gasteiger partial charge in [0.05, 0.1) is 12.4 Å². The van der Waals surface area contributed by atoms with Crippen molar-refractivity contribution in [3.8, 4) is 17.4 Å². The van der Waals surface area contributed by atoms with Gasteiger partial charge in [-0.3, -0.25) is 4.98 Å². The lowest BCUT2D eigenvalue weighted by atomic mass is 10.4. The van der Waals surface area contributed by atoms with E-state index in [-0.39, 0.29) is 5.88 Å². The molecule has 5 heteroatoms. The molecule has 0 radical (unpaired) electrons. The molecule has 0 saturated heterocycles. The largest absolute Gasteiger partial charge is 0.492 e. The minimum Gasteiger partial charge on any atom is -0.492 e. The molecule has 0 spiro atoms. The first-order chi connectivity index (χ1) is 6.27. The zero-order valence-corrected chi connectivity index (χ0v) is 7.05. The summed E-state index contributed by atoms with van der Waals surface area (Å²) in [6, 6.07) is 0. The van der Waals surface area contributed by atoms with Gasteiger partial charge in [-0.1, -0.05) is 0 Å². The van der Waals surface area contributed by atoms with Crippen LogP contribution in [0.1, 0.15) is 0 Å². The molecule has 5 nitrogen and oxygen atoms in total. The minimum absolute atomic E-state index is 0.0110. The highest BCUT2D eigenvalue weighted by Gasteiger charge is 2.07. The predicted octanol–water partition coefficient (Wildman–Crippen LogP) is 0.583. The molecule has 2 heterocycles. The normalized spacial score (nSPS) is 10.2. The minimum atomic E-state index is -0.0110. The number of aryl methyl sites for hydroxylation is 1. The van der Waals surface area contributed by atoms with Gasteiger partial charge in [0, 0.05) is 19.4 Å². The molecule has 2 aromatic rings. The van der Waals surface area contributed by atoms with Crippen molar-refractivity contribution in [3.05, 3.63) is 24.8 Å². The Morgan fingerprint density at radius 3 is 2.77 bits per heavy atom. The third-order valence-electron chi connectivity index (χ3n) is 1.66. The predicted molar refractivity (Wildman–Crippen MR) is 45.9 cm³/mol. The second kappa shape index (κ2) is 2.85. The molecule has 0 aliphatic rings. The molecule has 0 saturated carbocycles. The molecule has 0 aliphatic heterocycles. The highest BCUT2D eigenvalue weighted by molar-refractivity contribution is 5.48. The van der Waals surface area contributed by atoms with E-state index in [1.54, 1.807) is 30.2 Å². The molecule has 0 bridgehead atoms. The molecule has 1 N–H and O–H groups in total. The van der Waals surface area contributed by atoms with Crippen LogP contribution in [0.25, 0.3) is 11.5 Å². The number of nitrogens with zero attached hydrogens (tertiary/aromatic N) is 4. The van der Waals surface area contributed by atoms with Crippen LogP contribution in [-0.2, 0) is 7.05 Å². The fraction of sp³-hybridized carbons (Fsp3) is 0.125. The van der Waals surface area contributed by atoms with Gasteiger partial charge in [-0.25, -0.2) is 4.98 Å². The van der Waals surface area contributed by atoms with E-state index in [4.69, 9.17) is 5.11 Å². The van der Waals surface area contributed by atoms with E-state index in [0.717, 1.165) is 0 Å². The third-order valence-corrected chi connectivity index (χ3v) is 1.66. The topological polar surface area (TPSA) is 63.8 Å². The molecule has 2 rings (SSSR count). The van der Waals surface area contributed by atoms with E-state index in [1.807, 2.05) is 0 Å². The lowest BCUT2D eigenvalue weighted by Gasteiger charge is -1.97. The van der Waals surface area contributed by atoms with E-state index in [1.165, 1.54) is 6.20 Å². The fourth-order valence-corrected chi connectivity index (χ4v) is 1.10. The van der Waals surface area contributed by atoms with Crippen LogP contribution in [-0.4, -0.2) is 24.6 Å². The Hall–Kier alpha value is -1.91. The van der Waals surface area contributed by atoms with E-state index in [0.29, 0.717) is 11.5 Å². The Labute approximate surface area is 74.7 Å². The van der Waals surface area contributed by atoms with Gasteiger partial charge in [0.15, 0.2) is 5.82 Å². The Balaban J connectivity index is 2.53. The Bertz CT molecular complexity index is 409. The van der Waals surface area contributed by atoms with Crippen LogP contribution in [0.5, 0.6) is 5.88 Å².